The summed E-state index contributed by atoms with van der Waals surface area (Å²) < 4.78 is 15.7. The van der Waals surface area contributed by atoms with E-state index in [-0.39, 0.29) is 19.8 Å². The highest BCUT2D eigenvalue weighted by Gasteiger charge is 2.30. The van der Waals surface area contributed by atoms with Gasteiger partial charge in [-0.25, -0.2) is 4.79 Å². The normalized spacial score (nSPS) is 12.3. The van der Waals surface area contributed by atoms with Gasteiger partial charge in [0, 0.05) is 30.5 Å². The van der Waals surface area contributed by atoms with Gasteiger partial charge in [0.1, 0.15) is 19.8 Å². The summed E-state index contributed by atoms with van der Waals surface area (Å²) in [6.07, 6.45) is 0. The van der Waals surface area contributed by atoms with E-state index in [4.69, 9.17) is 14.2 Å². The summed E-state index contributed by atoms with van der Waals surface area (Å²) in [5.74, 6) is -1.27. The van der Waals surface area contributed by atoms with Crippen molar-refractivity contribution in [1.29, 1.82) is 0 Å². The van der Waals surface area contributed by atoms with E-state index < -0.39 is 17.9 Å². The number of carbonyl (C=O) groups is 3. The van der Waals surface area contributed by atoms with Crippen molar-refractivity contribution in [2.24, 2.45) is 0 Å². The number of rotatable bonds is 5. The number of carbonyl (C=O) groups excluding carboxylic acids is 3. The smallest absolute Gasteiger partial charge is 0.339 e. The lowest BCUT2D eigenvalue weighted by molar-refractivity contribution is -0.143. The molecular weight excluding hydrogens is 348 g/mol. The zero-order chi connectivity index (χ0) is 19.6. The van der Waals surface area contributed by atoms with Gasteiger partial charge in [-0.15, -0.1) is 0 Å². The molecule has 0 saturated carbocycles. The van der Waals surface area contributed by atoms with Crippen LogP contribution in [0.4, 0.5) is 0 Å². The number of fused-ring (bicyclic) bond motifs is 1. The van der Waals surface area contributed by atoms with Gasteiger partial charge in [0.05, 0.1) is 5.56 Å². The molecule has 0 amide bonds. The maximum atomic E-state index is 12.4. The number of esters is 3. The minimum absolute atomic E-state index is 0.0201. The predicted molar refractivity (Wildman–Crippen MR) is 96.7 cm³/mol. The molecule has 1 aliphatic heterocycles. The molecule has 0 bridgehead atoms. The zero-order valence-corrected chi connectivity index (χ0v) is 15.5. The Morgan fingerprint density at radius 1 is 1.04 bits per heavy atom. The second-order valence-electron chi connectivity index (χ2n) is 6.37. The van der Waals surface area contributed by atoms with Gasteiger partial charge in [-0.1, -0.05) is 24.3 Å². The van der Waals surface area contributed by atoms with E-state index in [0.717, 1.165) is 16.7 Å². The van der Waals surface area contributed by atoms with Crippen molar-refractivity contribution < 1.29 is 28.6 Å². The molecular formula is C21H20O6. The van der Waals surface area contributed by atoms with Crippen molar-refractivity contribution >= 4 is 17.9 Å². The van der Waals surface area contributed by atoms with Crippen molar-refractivity contribution in [3.8, 4) is 11.1 Å². The average molecular weight is 368 g/mol. The highest BCUT2D eigenvalue weighted by atomic mass is 16.5. The van der Waals surface area contributed by atoms with Crippen molar-refractivity contribution in [3.63, 3.8) is 0 Å². The van der Waals surface area contributed by atoms with Crippen LogP contribution in [0.25, 0.3) is 11.1 Å². The van der Waals surface area contributed by atoms with E-state index in [2.05, 4.69) is 0 Å². The van der Waals surface area contributed by atoms with Gasteiger partial charge in [-0.3, -0.25) is 9.59 Å². The summed E-state index contributed by atoms with van der Waals surface area (Å²) >= 11 is 0. The number of hydrogen-bond acceptors (Lipinski definition) is 6. The minimum atomic E-state index is -0.438. The van der Waals surface area contributed by atoms with Gasteiger partial charge in [0.2, 0.25) is 0 Å². The van der Waals surface area contributed by atoms with Crippen molar-refractivity contribution in [1.82, 2.24) is 0 Å². The quantitative estimate of drug-likeness (QED) is 0.594. The Kier molecular flexibility index (Phi) is 5.26. The molecule has 1 aliphatic rings. The van der Waals surface area contributed by atoms with Crippen LogP contribution < -0.4 is 0 Å². The molecule has 0 aliphatic carbocycles. The predicted octanol–water partition coefficient (Wildman–Crippen LogP) is 3.46. The fourth-order valence-corrected chi connectivity index (χ4v) is 3.20. The first kappa shape index (κ1) is 18.6. The monoisotopic (exact) mass is 368 g/mol. The Morgan fingerprint density at radius 3 is 2.37 bits per heavy atom. The molecule has 0 N–H and O–H groups in total. The molecule has 2 aromatic rings. The Bertz CT molecular complexity index is 929. The molecule has 0 aromatic heterocycles. The minimum Gasteiger partial charge on any atom is -0.461 e. The fraction of sp³-hybridized carbons (Fsp3) is 0.286. The Labute approximate surface area is 157 Å². The molecule has 27 heavy (non-hydrogen) atoms. The SMILES string of the molecule is CC(=O)OCc1cc2c(c(-c3ccccc3C)c1COC(C)=O)C(=O)OC2. The Hall–Kier alpha value is -3.15. The Morgan fingerprint density at radius 2 is 1.70 bits per heavy atom. The average Bonchev–Trinajstić information content (AvgIpc) is 2.98. The molecule has 140 valence electrons. The maximum Gasteiger partial charge on any atom is 0.339 e. The van der Waals surface area contributed by atoms with E-state index >= 15 is 0 Å². The highest BCUT2D eigenvalue weighted by molar-refractivity contribution is 6.02. The van der Waals surface area contributed by atoms with Gasteiger partial charge < -0.3 is 14.2 Å². The summed E-state index contributed by atoms with van der Waals surface area (Å²) in [4.78, 5) is 35.1. The first-order valence-electron chi connectivity index (χ1n) is 8.56. The molecule has 0 spiro atoms. The van der Waals surface area contributed by atoms with E-state index in [0.29, 0.717) is 22.3 Å². The van der Waals surface area contributed by atoms with E-state index in [1.54, 1.807) is 6.07 Å². The molecule has 0 atom stereocenters. The summed E-state index contributed by atoms with van der Waals surface area (Å²) in [5, 5.41) is 0. The van der Waals surface area contributed by atoms with Crippen molar-refractivity contribution in [3.05, 3.63) is 58.1 Å². The fourth-order valence-electron chi connectivity index (χ4n) is 3.20. The van der Waals surface area contributed by atoms with Crippen molar-refractivity contribution in [2.45, 2.75) is 40.6 Å². The number of benzene rings is 2. The molecule has 3 rings (SSSR count). The largest absolute Gasteiger partial charge is 0.461 e. The third kappa shape index (κ3) is 3.84. The highest BCUT2D eigenvalue weighted by Crippen LogP contribution is 2.38. The van der Waals surface area contributed by atoms with Crippen LogP contribution in [0.3, 0.4) is 0 Å². The number of hydrogen-bond donors (Lipinski definition) is 0. The molecule has 0 saturated heterocycles. The number of aryl methyl sites for hydroxylation is 1. The lowest BCUT2D eigenvalue weighted by Crippen LogP contribution is -2.11. The second kappa shape index (κ2) is 7.61. The van der Waals surface area contributed by atoms with Crippen LogP contribution >= 0.6 is 0 Å². The van der Waals surface area contributed by atoms with Crippen LogP contribution in [-0.2, 0) is 43.6 Å². The van der Waals surface area contributed by atoms with Crippen LogP contribution in [0.5, 0.6) is 0 Å². The lowest BCUT2D eigenvalue weighted by Gasteiger charge is -2.19. The van der Waals surface area contributed by atoms with Crippen LogP contribution in [0.1, 0.15) is 46.5 Å². The summed E-state index contributed by atoms with van der Waals surface area (Å²) in [6.45, 7) is 4.74. The van der Waals surface area contributed by atoms with E-state index in [1.807, 2.05) is 31.2 Å². The first-order chi connectivity index (χ1) is 12.9. The molecule has 0 fully saturated rings. The van der Waals surface area contributed by atoms with Crippen LogP contribution in [0, 0.1) is 6.92 Å². The van der Waals surface area contributed by atoms with Crippen LogP contribution in [-0.4, -0.2) is 17.9 Å². The number of ether oxygens (including phenoxy) is 3. The van der Waals surface area contributed by atoms with Gasteiger partial charge >= 0.3 is 17.9 Å². The molecule has 0 unspecified atom stereocenters. The van der Waals surface area contributed by atoms with Crippen molar-refractivity contribution in [2.75, 3.05) is 0 Å². The van der Waals surface area contributed by atoms with Gasteiger partial charge in [-0.05, 0) is 29.7 Å². The summed E-state index contributed by atoms with van der Waals surface area (Å²) in [5.41, 5.74) is 4.99. The summed E-state index contributed by atoms with van der Waals surface area (Å²) in [7, 11) is 0. The van der Waals surface area contributed by atoms with Gasteiger partial charge in [-0.2, -0.15) is 0 Å². The number of cyclic esters (lactones) is 1. The summed E-state index contributed by atoms with van der Waals surface area (Å²) in [6, 6.07) is 9.42. The third-order valence-corrected chi connectivity index (χ3v) is 4.44. The second-order valence-corrected chi connectivity index (χ2v) is 6.37. The lowest BCUT2D eigenvalue weighted by atomic mass is 9.87. The maximum absolute atomic E-state index is 12.4. The molecule has 2 aromatic carbocycles. The molecule has 1 heterocycles. The third-order valence-electron chi connectivity index (χ3n) is 4.44. The van der Waals surface area contributed by atoms with E-state index in [9.17, 15) is 14.4 Å². The van der Waals surface area contributed by atoms with E-state index in [1.165, 1.54) is 13.8 Å². The zero-order valence-electron chi connectivity index (χ0n) is 15.5. The van der Waals surface area contributed by atoms with Crippen LogP contribution in [0.2, 0.25) is 0 Å². The standard InChI is InChI=1S/C21H20O6/c1-12-6-4-5-7-17(12)20-18(11-26-14(3)23)15(9-25-13(2)22)8-16-10-27-21(24)19(16)20/h4-8H,9-11H2,1-3H3. The van der Waals surface area contributed by atoms with Gasteiger partial charge in [0.15, 0.2) is 0 Å². The molecule has 0 radical (unpaired) electrons. The molecule has 6 nitrogen and oxygen atoms in total. The topological polar surface area (TPSA) is 78.9 Å². The van der Waals surface area contributed by atoms with Gasteiger partial charge in [0.25, 0.3) is 0 Å². The first-order valence-corrected chi connectivity index (χ1v) is 8.56. The van der Waals surface area contributed by atoms with Crippen LogP contribution in [0.15, 0.2) is 30.3 Å². The Balaban J connectivity index is 2.25. The molecule has 6 heteroatoms.